The highest BCUT2D eigenvalue weighted by atomic mass is 19.1. The molecule has 1 aromatic carbocycles. The molecule has 7 nitrogen and oxygen atoms in total. The highest BCUT2D eigenvalue weighted by Gasteiger charge is 2.25. The molecule has 1 heterocycles. The van der Waals surface area contributed by atoms with Gasteiger partial charge in [-0.25, -0.2) is 4.39 Å². The molecule has 1 aliphatic heterocycles. The summed E-state index contributed by atoms with van der Waals surface area (Å²) in [4.78, 5) is 20.4. The summed E-state index contributed by atoms with van der Waals surface area (Å²) in [7, 11) is 1.70. The number of carbonyl (C=O) groups is 1. The van der Waals surface area contributed by atoms with Crippen molar-refractivity contribution in [2.45, 2.75) is 25.4 Å². The lowest BCUT2D eigenvalue weighted by Crippen LogP contribution is -2.54. The summed E-state index contributed by atoms with van der Waals surface area (Å²) in [5.74, 6) is 0.411. The predicted molar refractivity (Wildman–Crippen MR) is 100 cm³/mol. The van der Waals surface area contributed by atoms with Crippen LogP contribution in [0.1, 0.15) is 24.0 Å². The van der Waals surface area contributed by atoms with Gasteiger partial charge in [-0.05, 0) is 25.0 Å². The number of carbonyl (C=O) groups excluding carboxylic acids is 1. The fourth-order valence-corrected chi connectivity index (χ4v) is 3.09. The number of nitriles is 1. The number of aliphatic imine (C=N–C) groups is 1. The Morgan fingerprint density at radius 2 is 2.07 bits per heavy atom. The fourth-order valence-electron chi connectivity index (χ4n) is 3.09. The number of guanidine groups is 1. The SMILES string of the molecule is CN=C(NCc1ccc(C#N)cc1F)N1CCN(CC(=O)NC2CC2)CC1. The molecule has 0 unspecified atom stereocenters. The van der Waals surface area contributed by atoms with E-state index in [0.29, 0.717) is 36.2 Å². The van der Waals surface area contributed by atoms with E-state index in [1.807, 2.05) is 6.07 Å². The summed E-state index contributed by atoms with van der Waals surface area (Å²) in [5, 5.41) is 15.0. The monoisotopic (exact) mass is 372 g/mol. The van der Waals surface area contributed by atoms with Crippen molar-refractivity contribution in [2.75, 3.05) is 39.8 Å². The van der Waals surface area contributed by atoms with E-state index in [4.69, 9.17) is 5.26 Å². The molecule has 0 aromatic heterocycles. The fraction of sp³-hybridized carbons (Fsp3) is 0.526. The maximum absolute atomic E-state index is 14.0. The number of nitrogens with one attached hydrogen (secondary N) is 2. The van der Waals surface area contributed by atoms with Crippen molar-refractivity contribution in [1.29, 1.82) is 5.26 Å². The molecular weight excluding hydrogens is 347 g/mol. The number of benzene rings is 1. The summed E-state index contributed by atoms with van der Waals surface area (Å²) in [6.07, 6.45) is 2.20. The van der Waals surface area contributed by atoms with Crippen molar-refractivity contribution in [2.24, 2.45) is 4.99 Å². The minimum Gasteiger partial charge on any atom is -0.352 e. The van der Waals surface area contributed by atoms with E-state index < -0.39 is 5.82 Å². The molecular formula is C19H25FN6O. The lowest BCUT2D eigenvalue weighted by Gasteiger charge is -2.36. The van der Waals surface area contributed by atoms with Gasteiger partial charge in [-0.1, -0.05) is 6.07 Å². The average Bonchev–Trinajstić information content (AvgIpc) is 3.48. The highest BCUT2D eigenvalue weighted by molar-refractivity contribution is 5.80. The van der Waals surface area contributed by atoms with Gasteiger partial charge in [-0.15, -0.1) is 0 Å². The topological polar surface area (TPSA) is 83.8 Å². The first-order valence-electron chi connectivity index (χ1n) is 9.25. The Hall–Kier alpha value is -2.66. The average molecular weight is 372 g/mol. The van der Waals surface area contributed by atoms with Crippen molar-refractivity contribution < 1.29 is 9.18 Å². The number of rotatable bonds is 5. The third kappa shape index (κ3) is 5.41. The Morgan fingerprint density at radius 1 is 1.33 bits per heavy atom. The molecule has 1 aliphatic carbocycles. The van der Waals surface area contributed by atoms with Gasteiger partial charge < -0.3 is 15.5 Å². The summed E-state index contributed by atoms with van der Waals surface area (Å²) in [6, 6.07) is 6.78. The van der Waals surface area contributed by atoms with E-state index in [1.54, 1.807) is 19.2 Å². The Bertz CT molecular complexity index is 747. The van der Waals surface area contributed by atoms with Gasteiger partial charge in [-0.3, -0.25) is 14.7 Å². The molecule has 27 heavy (non-hydrogen) atoms. The molecule has 2 fully saturated rings. The minimum atomic E-state index is -0.400. The summed E-state index contributed by atoms with van der Waals surface area (Å²) in [5.41, 5.74) is 0.799. The normalized spacial score (nSPS) is 18.1. The van der Waals surface area contributed by atoms with Gasteiger partial charge in [0.05, 0.1) is 18.2 Å². The lowest BCUT2D eigenvalue weighted by atomic mass is 10.1. The molecule has 144 valence electrons. The summed E-state index contributed by atoms with van der Waals surface area (Å²) < 4.78 is 14.0. The van der Waals surface area contributed by atoms with E-state index in [2.05, 4.69) is 25.4 Å². The van der Waals surface area contributed by atoms with Crippen LogP contribution in [0.4, 0.5) is 4.39 Å². The second-order valence-corrected chi connectivity index (χ2v) is 6.92. The number of amides is 1. The first kappa shape index (κ1) is 19.1. The molecule has 8 heteroatoms. The van der Waals surface area contributed by atoms with Crippen LogP contribution in [-0.2, 0) is 11.3 Å². The van der Waals surface area contributed by atoms with Gasteiger partial charge in [0.2, 0.25) is 5.91 Å². The first-order chi connectivity index (χ1) is 13.1. The largest absolute Gasteiger partial charge is 0.352 e. The van der Waals surface area contributed by atoms with Crippen molar-refractivity contribution in [1.82, 2.24) is 20.4 Å². The molecule has 3 rings (SSSR count). The van der Waals surface area contributed by atoms with Gasteiger partial charge in [0.25, 0.3) is 0 Å². The number of piperazine rings is 1. The summed E-state index contributed by atoms with van der Waals surface area (Å²) >= 11 is 0. The van der Waals surface area contributed by atoms with Crippen LogP contribution in [0.3, 0.4) is 0 Å². The van der Waals surface area contributed by atoms with Crippen LogP contribution in [0.15, 0.2) is 23.2 Å². The van der Waals surface area contributed by atoms with Crippen LogP contribution in [0, 0.1) is 17.1 Å². The molecule has 0 bridgehead atoms. The molecule has 0 spiro atoms. The van der Waals surface area contributed by atoms with Crippen LogP contribution in [0.25, 0.3) is 0 Å². The minimum absolute atomic E-state index is 0.102. The van der Waals surface area contributed by atoms with Gasteiger partial charge in [0.15, 0.2) is 5.96 Å². The van der Waals surface area contributed by atoms with E-state index in [0.717, 1.165) is 39.0 Å². The number of hydrogen-bond donors (Lipinski definition) is 2. The lowest BCUT2D eigenvalue weighted by molar-refractivity contribution is -0.122. The van der Waals surface area contributed by atoms with Crippen molar-refractivity contribution in [3.8, 4) is 6.07 Å². The van der Waals surface area contributed by atoms with Gasteiger partial charge in [0, 0.05) is 51.4 Å². The molecule has 2 N–H and O–H groups in total. The Morgan fingerprint density at radius 3 is 2.67 bits per heavy atom. The smallest absolute Gasteiger partial charge is 0.234 e. The number of halogens is 1. The van der Waals surface area contributed by atoms with Crippen LogP contribution < -0.4 is 10.6 Å². The third-order valence-corrected chi connectivity index (χ3v) is 4.81. The van der Waals surface area contributed by atoms with Gasteiger partial charge in [0.1, 0.15) is 5.82 Å². The van der Waals surface area contributed by atoms with Crippen LogP contribution >= 0.6 is 0 Å². The van der Waals surface area contributed by atoms with Crippen molar-refractivity contribution in [3.63, 3.8) is 0 Å². The van der Waals surface area contributed by atoms with Crippen LogP contribution in [-0.4, -0.2) is 67.5 Å². The maximum atomic E-state index is 14.0. The van der Waals surface area contributed by atoms with Crippen LogP contribution in [0.5, 0.6) is 0 Å². The molecule has 1 aromatic rings. The zero-order valence-corrected chi connectivity index (χ0v) is 15.5. The molecule has 1 saturated heterocycles. The van der Waals surface area contributed by atoms with E-state index in [-0.39, 0.29) is 5.91 Å². The second-order valence-electron chi connectivity index (χ2n) is 6.92. The molecule has 0 radical (unpaired) electrons. The Balaban J connectivity index is 1.46. The van der Waals surface area contributed by atoms with E-state index in [9.17, 15) is 9.18 Å². The molecule has 1 amide bonds. The quantitative estimate of drug-likeness (QED) is 0.586. The molecule has 0 atom stereocenters. The van der Waals surface area contributed by atoms with Gasteiger partial charge >= 0.3 is 0 Å². The predicted octanol–water partition coefficient (Wildman–Crippen LogP) is 0.669. The zero-order valence-electron chi connectivity index (χ0n) is 15.5. The maximum Gasteiger partial charge on any atom is 0.234 e. The highest BCUT2D eigenvalue weighted by Crippen LogP contribution is 2.18. The van der Waals surface area contributed by atoms with E-state index >= 15 is 0 Å². The standard InChI is InChI=1S/C19H25FN6O/c1-22-19(23-12-15-3-2-14(11-21)10-17(15)20)26-8-6-25(7-9-26)13-18(27)24-16-4-5-16/h2-3,10,16H,4-9,12-13H2,1H3,(H,22,23)(H,24,27). The third-order valence-electron chi connectivity index (χ3n) is 4.81. The second kappa shape index (κ2) is 8.82. The van der Waals surface area contributed by atoms with E-state index in [1.165, 1.54) is 6.07 Å². The van der Waals surface area contributed by atoms with Crippen molar-refractivity contribution in [3.05, 3.63) is 35.1 Å². The van der Waals surface area contributed by atoms with Crippen LogP contribution in [0.2, 0.25) is 0 Å². The number of nitrogens with zero attached hydrogens (tertiary/aromatic N) is 4. The Labute approximate surface area is 158 Å². The Kier molecular flexibility index (Phi) is 6.24. The number of hydrogen-bond acceptors (Lipinski definition) is 4. The van der Waals surface area contributed by atoms with Gasteiger partial charge in [-0.2, -0.15) is 5.26 Å². The van der Waals surface area contributed by atoms with Crippen molar-refractivity contribution >= 4 is 11.9 Å². The molecule has 2 aliphatic rings. The molecule has 1 saturated carbocycles. The zero-order chi connectivity index (χ0) is 19.2. The summed E-state index contributed by atoms with van der Waals surface area (Å²) in [6.45, 7) is 3.81. The first-order valence-corrected chi connectivity index (χ1v) is 9.25.